The van der Waals surface area contributed by atoms with Gasteiger partial charge in [0, 0.05) is 6.07 Å². The van der Waals surface area contributed by atoms with E-state index < -0.39 is 0 Å². The minimum atomic E-state index is -0.242. The van der Waals surface area contributed by atoms with Gasteiger partial charge in [-0.1, -0.05) is 41.6 Å². The zero-order valence-corrected chi connectivity index (χ0v) is 20.1. The molecule has 0 saturated heterocycles. The smallest absolute Gasteiger partial charge is 0.272 e. The van der Waals surface area contributed by atoms with Gasteiger partial charge < -0.3 is 14.8 Å². The number of hydrogen-bond donors (Lipinski definition) is 1. The maximum absolute atomic E-state index is 13.2. The van der Waals surface area contributed by atoms with Gasteiger partial charge in [0.2, 0.25) is 5.91 Å². The van der Waals surface area contributed by atoms with Crippen LogP contribution in [0.5, 0.6) is 11.5 Å². The van der Waals surface area contributed by atoms with E-state index in [1.165, 1.54) is 30.2 Å². The molecule has 0 spiro atoms. The minimum absolute atomic E-state index is 0.0797. The lowest BCUT2D eigenvalue weighted by Crippen LogP contribution is -2.24. The minimum Gasteiger partial charge on any atom is -0.497 e. The first-order chi connectivity index (χ1) is 16.0. The first-order valence-corrected chi connectivity index (χ1v) is 12.0. The first-order valence-electron chi connectivity index (χ1n) is 10.2. The third-order valence-electron chi connectivity index (χ3n) is 5.01. The number of fused-ring (bicyclic) bond motifs is 1. The van der Waals surface area contributed by atoms with Crippen molar-refractivity contribution in [3.63, 3.8) is 0 Å². The van der Waals surface area contributed by atoms with Gasteiger partial charge in [-0.3, -0.25) is 14.2 Å². The molecular formula is C24H23N3O4S2. The number of amides is 1. The van der Waals surface area contributed by atoms with Crippen LogP contribution in [0.1, 0.15) is 11.1 Å². The van der Waals surface area contributed by atoms with E-state index in [4.69, 9.17) is 9.47 Å². The second-order valence-electron chi connectivity index (χ2n) is 7.31. The summed E-state index contributed by atoms with van der Waals surface area (Å²) in [6, 6.07) is 15.0. The number of benzene rings is 2. The number of hydrogen-bond acceptors (Lipinski definition) is 7. The fraction of sp³-hybridized carbons (Fsp3) is 0.208. The van der Waals surface area contributed by atoms with Crippen molar-refractivity contribution in [2.45, 2.75) is 18.6 Å². The highest BCUT2D eigenvalue weighted by molar-refractivity contribution is 7.99. The largest absolute Gasteiger partial charge is 0.497 e. The molecular weight excluding hydrogens is 458 g/mol. The van der Waals surface area contributed by atoms with Crippen LogP contribution in [0, 0.1) is 6.92 Å². The summed E-state index contributed by atoms with van der Waals surface area (Å²) in [4.78, 5) is 30.5. The maximum atomic E-state index is 13.2. The Morgan fingerprint density at radius 1 is 1.12 bits per heavy atom. The summed E-state index contributed by atoms with van der Waals surface area (Å²) in [6.07, 6.45) is 0. The molecule has 2 heterocycles. The molecule has 2 aromatic heterocycles. The number of aromatic nitrogens is 2. The van der Waals surface area contributed by atoms with Gasteiger partial charge in [0.05, 0.1) is 37.7 Å². The van der Waals surface area contributed by atoms with Crippen molar-refractivity contribution in [3.8, 4) is 11.5 Å². The third-order valence-corrected chi connectivity index (χ3v) is 6.87. The van der Waals surface area contributed by atoms with Crippen molar-refractivity contribution in [2.24, 2.45) is 0 Å². The lowest BCUT2D eigenvalue weighted by atomic mass is 10.1. The van der Waals surface area contributed by atoms with Crippen LogP contribution in [0.25, 0.3) is 10.2 Å². The number of carbonyl (C=O) groups excluding carboxylic acids is 1. The molecule has 0 saturated carbocycles. The predicted molar refractivity (Wildman–Crippen MR) is 133 cm³/mol. The Hall–Kier alpha value is -3.30. The van der Waals surface area contributed by atoms with Crippen molar-refractivity contribution < 1.29 is 14.3 Å². The van der Waals surface area contributed by atoms with Gasteiger partial charge in [-0.25, -0.2) is 4.98 Å². The highest BCUT2D eigenvalue weighted by Crippen LogP contribution is 2.29. The summed E-state index contributed by atoms with van der Waals surface area (Å²) in [5.74, 6) is 0.975. The van der Waals surface area contributed by atoms with Crippen LogP contribution < -0.4 is 20.3 Å². The Morgan fingerprint density at radius 2 is 1.91 bits per heavy atom. The van der Waals surface area contributed by atoms with Crippen molar-refractivity contribution in [3.05, 3.63) is 75.4 Å². The fourth-order valence-corrected chi connectivity index (χ4v) is 4.85. The topological polar surface area (TPSA) is 82.5 Å². The number of rotatable bonds is 8. The first kappa shape index (κ1) is 22.9. The van der Waals surface area contributed by atoms with Crippen LogP contribution in [0.15, 0.2) is 63.9 Å². The molecule has 4 rings (SSSR count). The molecule has 2 aromatic carbocycles. The molecule has 0 fully saturated rings. The fourth-order valence-electron chi connectivity index (χ4n) is 3.28. The average molecular weight is 482 g/mol. The van der Waals surface area contributed by atoms with Crippen molar-refractivity contribution in [1.82, 2.24) is 9.55 Å². The Bertz CT molecular complexity index is 1350. The lowest BCUT2D eigenvalue weighted by molar-refractivity contribution is -0.113. The predicted octanol–water partition coefficient (Wildman–Crippen LogP) is 4.56. The number of aryl methyl sites for hydroxylation is 1. The van der Waals surface area contributed by atoms with E-state index >= 15 is 0 Å². The van der Waals surface area contributed by atoms with Crippen LogP contribution in [0.2, 0.25) is 0 Å². The van der Waals surface area contributed by atoms with Gasteiger partial charge in [-0.15, -0.1) is 11.3 Å². The molecule has 0 unspecified atom stereocenters. The molecule has 9 heteroatoms. The molecule has 0 aliphatic carbocycles. The van der Waals surface area contributed by atoms with Gasteiger partial charge >= 0.3 is 0 Å². The Kier molecular flexibility index (Phi) is 7.00. The second kappa shape index (κ2) is 10.1. The quantitative estimate of drug-likeness (QED) is 0.293. The monoisotopic (exact) mass is 481 g/mol. The molecule has 33 heavy (non-hydrogen) atoms. The van der Waals surface area contributed by atoms with Gasteiger partial charge in [0.25, 0.3) is 5.56 Å². The SMILES string of the molecule is COc1ccc(OC)c(NC(=O)CSc2nc3ccsc3c(=O)n2Cc2ccc(C)cc2)c1. The Labute approximate surface area is 199 Å². The molecule has 0 atom stereocenters. The van der Waals surface area contributed by atoms with E-state index in [2.05, 4.69) is 10.3 Å². The number of ether oxygens (including phenoxy) is 2. The lowest BCUT2D eigenvalue weighted by Gasteiger charge is -2.13. The van der Waals surface area contributed by atoms with Crippen LogP contribution in [-0.2, 0) is 11.3 Å². The van der Waals surface area contributed by atoms with Gasteiger partial charge in [0.15, 0.2) is 5.16 Å². The van der Waals surface area contributed by atoms with E-state index in [0.29, 0.717) is 39.1 Å². The van der Waals surface area contributed by atoms with E-state index in [-0.39, 0.29) is 17.2 Å². The van der Waals surface area contributed by atoms with Crippen LogP contribution in [-0.4, -0.2) is 35.4 Å². The van der Waals surface area contributed by atoms with Gasteiger partial charge in [0.1, 0.15) is 16.2 Å². The van der Waals surface area contributed by atoms with E-state index in [0.717, 1.165) is 11.1 Å². The maximum Gasteiger partial charge on any atom is 0.272 e. The van der Waals surface area contributed by atoms with Crippen molar-refractivity contribution in [2.75, 3.05) is 25.3 Å². The van der Waals surface area contributed by atoms with E-state index in [9.17, 15) is 9.59 Å². The number of anilines is 1. The summed E-state index contributed by atoms with van der Waals surface area (Å²) >= 11 is 2.60. The zero-order valence-electron chi connectivity index (χ0n) is 18.5. The molecule has 7 nitrogen and oxygen atoms in total. The number of thioether (sulfide) groups is 1. The summed E-state index contributed by atoms with van der Waals surface area (Å²) in [7, 11) is 3.10. The summed E-state index contributed by atoms with van der Waals surface area (Å²) in [5, 5.41) is 5.20. The zero-order chi connectivity index (χ0) is 23.4. The standard InChI is InChI=1S/C24H23N3O4S2/c1-15-4-6-16(7-5-15)13-27-23(29)22-18(10-11-32-22)26-24(27)33-14-21(28)25-19-12-17(30-2)8-9-20(19)31-3/h4-12H,13-14H2,1-3H3,(H,25,28). The molecule has 0 radical (unpaired) electrons. The number of thiophene rings is 1. The molecule has 1 amide bonds. The summed E-state index contributed by atoms with van der Waals surface area (Å²) in [6.45, 7) is 2.40. The van der Waals surface area contributed by atoms with Crippen molar-refractivity contribution in [1.29, 1.82) is 0 Å². The molecule has 170 valence electrons. The molecule has 4 aromatic rings. The normalized spacial score (nSPS) is 10.9. The van der Waals surface area contributed by atoms with E-state index in [1.54, 1.807) is 29.9 Å². The van der Waals surface area contributed by atoms with Crippen molar-refractivity contribution >= 4 is 44.9 Å². The second-order valence-corrected chi connectivity index (χ2v) is 9.17. The Balaban J connectivity index is 1.57. The van der Waals surface area contributed by atoms with Crippen LogP contribution in [0.4, 0.5) is 5.69 Å². The summed E-state index contributed by atoms with van der Waals surface area (Å²) in [5.41, 5.74) is 3.20. The Morgan fingerprint density at radius 3 is 2.64 bits per heavy atom. The number of carbonyl (C=O) groups is 1. The average Bonchev–Trinajstić information content (AvgIpc) is 3.30. The number of methoxy groups -OCH3 is 2. The van der Waals surface area contributed by atoms with E-state index in [1.807, 2.05) is 42.6 Å². The van der Waals surface area contributed by atoms with Crippen LogP contribution in [0.3, 0.4) is 0 Å². The third kappa shape index (κ3) is 5.20. The highest BCUT2D eigenvalue weighted by atomic mass is 32.2. The number of nitrogens with zero attached hydrogens (tertiary/aromatic N) is 2. The van der Waals surface area contributed by atoms with Gasteiger partial charge in [-0.05, 0) is 36.1 Å². The molecule has 0 bridgehead atoms. The molecule has 0 aliphatic heterocycles. The highest BCUT2D eigenvalue weighted by Gasteiger charge is 2.16. The summed E-state index contributed by atoms with van der Waals surface area (Å²) < 4.78 is 12.8. The van der Waals surface area contributed by atoms with Gasteiger partial charge in [-0.2, -0.15) is 0 Å². The molecule has 0 aliphatic rings. The molecule has 1 N–H and O–H groups in total. The number of nitrogens with one attached hydrogen (secondary N) is 1. The van der Waals surface area contributed by atoms with Crippen LogP contribution >= 0.6 is 23.1 Å².